The van der Waals surface area contributed by atoms with E-state index in [0.717, 1.165) is 25.8 Å². The SMILES string of the molecule is CC(CO)(CO)NCCCCc1ccccc1. The predicted molar refractivity (Wildman–Crippen MR) is 70.0 cm³/mol. The molecular formula is C14H23NO2. The van der Waals surface area contributed by atoms with Crippen molar-refractivity contribution in [3.8, 4) is 0 Å². The Morgan fingerprint density at radius 2 is 1.71 bits per heavy atom. The highest BCUT2D eigenvalue weighted by Gasteiger charge is 2.20. The normalized spacial score (nSPS) is 11.7. The summed E-state index contributed by atoms with van der Waals surface area (Å²) in [6, 6.07) is 10.4. The van der Waals surface area contributed by atoms with E-state index < -0.39 is 5.54 Å². The molecule has 0 aliphatic rings. The standard InChI is InChI=1S/C14H23NO2/c1-14(11-16,12-17)15-10-6-5-9-13-7-3-2-4-8-13/h2-4,7-8,15-17H,5-6,9-12H2,1H3. The Kier molecular flexibility index (Phi) is 6.19. The van der Waals surface area contributed by atoms with E-state index in [-0.39, 0.29) is 13.2 Å². The van der Waals surface area contributed by atoms with Crippen LogP contribution in [0.1, 0.15) is 25.3 Å². The Bertz CT molecular complexity index is 296. The lowest BCUT2D eigenvalue weighted by atomic mass is 10.0. The third-order valence-corrected chi connectivity index (χ3v) is 2.98. The number of aryl methyl sites for hydroxylation is 1. The lowest BCUT2D eigenvalue weighted by Gasteiger charge is -2.26. The highest BCUT2D eigenvalue weighted by Crippen LogP contribution is 2.05. The molecule has 1 aromatic carbocycles. The maximum Gasteiger partial charge on any atom is 0.0633 e. The van der Waals surface area contributed by atoms with Crippen LogP contribution < -0.4 is 5.32 Å². The van der Waals surface area contributed by atoms with Crippen molar-refractivity contribution in [3.63, 3.8) is 0 Å². The number of unbranched alkanes of at least 4 members (excludes halogenated alkanes) is 1. The van der Waals surface area contributed by atoms with Gasteiger partial charge in [0.05, 0.1) is 18.8 Å². The third kappa shape index (κ3) is 5.31. The molecular weight excluding hydrogens is 214 g/mol. The first-order valence-electron chi connectivity index (χ1n) is 6.21. The van der Waals surface area contributed by atoms with Gasteiger partial charge < -0.3 is 15.5 Å². The van der Waals surface area contributed by atoms with E-state index >= 15 is 0 Å². The van der Waals surface area contributed by atoms with Crippen molar-refractivity contribution in [2.24, 2.45) is 0 Å². The van der Waals surface area contributed by atoms with E-state index in [1.54, 1.807) is 0 Å². The van der Waals surface area contributed by atoms with Crippen LogP contribution in [0.4, 0.5) is 0 Å². The summed E-state index contributed by atoms with van der Waals surface area (Å²) in [6.07, 6.45) is 3.24. The minimum absolute atomic E-state index is 0.0395. The van der Waals surface area contributed by atoms with Crippen molar-refractivity contribution in [1.29, 1.82) is 0 Å². The number of rotatable bonds is 8. The molecule has 0 aromatic heterocycles. The molecule has 1 rings (SSSR count). The Hall–Kier alpha value is -0.900. The summed E-state index contributed by atoms with van der Waals surface area (Å²) in [7, 11) is 0. The molecule has 0 heterocycles. The summed E-state index contributed by atoms with van der Waals surface area (Å²) in [6.45, 7) is 2.57. The lowest BCUT2D eigenvalue weighted by molar-refractivity contribution is 0.104. The Morgan fingerprint density at radius 3 is 2.29 bits per heavy atom. The van der Waals surface area contributed by atoms with Crippen LogP contribution in [0.5, 0.6) is 0 Å². The zero-order valence-corrected chi connectivity index (χ0v) is 10.5. The first-order chi connectivity index (χ1) is 8.20. The molecule has 96 valence electrons. The molecule has 1 aromatic rings. The maximum absolute atomic E-state index is 9.10. The van der Waals surface area contributed by atoms with Crippen molar-refractivity contribution in [2.75, 3.05) is 19.8 Å². The lowest BCUT2D eigenvalue weighted by Crippen LogP contribution is -2.49. The molecule has 0 atom stereocenters. The molecule has 0 saturated heterocycles. The Balaban J connectivity index is 2.13. The molecule has 0 saturated carbocycles. The van der Waals surface area contributed by atoms with Crippen molar-refractivity contribution < 1.29 is 10.2 Å². The minimum atomic E-state index is -0.549. The molecule has 0 radical (unpaired) electrons. The van der Waals surface area contributed by atoms with Gasteiger partial charge in [0.25, 0.3) is 0 Å². The van der Waals surface area contributed by atoms with Gasteiger partial charge in [0, 0.05) is 0 Å². The molecule has 0 aliphatic carbocycles. The first-order valence-corrected chi connectivity index (χ1v) is 6.21. The summed E-state index contributed by atoms with van der Waals surface area (Å²) >= 11 is 0. The molecule has 3 N–H and O–H groups in total. The zero-order chi connectivity index (χ0) is 12.6. The van der Waals surface area contributed by atoms with Gasteiger partial charge in [-0.1, -0.05) is 30.3 Å². The average molecular weight is 237 g/mol. The number of aliphatic hydroxyl groups excluding tert-OH is 2. The second kappa shape index (κ2) is 7.43. The average Bonchev–Trinajstić information content (AvgIpc) is 2.39. The molecule has 0 amide bonds. The summed E-state index contributed by atoms with van der Waals surface area (Å²) in [5, 5.41) is 21.4. The van der Waals surface area contributed by atoms with Crippen LogP contribution in [-0.4, -0.2) is 35.5 Å². The quantitative estimate of drug-likeness (QED) is 0.598. The van der Waals surface area contributed by atoms with E-state index in [0.29, 0.717) is 0 Å². The van der Waals surface area contributed by atoms with Crippen LogP contribution in [0.3, 0.4) is 0 Å². The van der Waals surface area contributed by atoms with Crippen LogP contribution >= 0.6 is 0 Å². The minimum Gasteiger partial charge on any atom is -0.394 e. The molecule has 17 heavy (non-hydrogen) atoms. The van der Waals surface area contributed by atoms with Crippen molar-refractivity contribution >= 4 is 0 Å². The zero-order valence-electron chi connectivity index (χ0n) is 10.5. The smallest absolute Gasteiger partial charge is 0.0633 e. The monoisotopic (exact) mass is 237 g/mol. The topological polar surface area (TPSA) is 52.5 Å². The van der Waals surface area contributed by atoms with E-state index in [1.807, 2.05) is 13.0 Å². The molecule has 3 nitrogen and oxygen atoms in total. The summed E-state index contributed by atoms with van der Waals surface area (Å²) in [5.74, 6) is 0. The van der Waals surface area contributed by atoms with Crippen molar-refractivity contribution in [2.45, 2.75) is 31.7 Å². The molecule has 0 aliphatic heterocycles. The van der Waals surface area contributed by atoms with Gasteiger partial charge in [-0.2, -0.15) is 0 Å². The number of nitrogens with one attached hydrogen (secondary N) is 1. The van der Waals surface area contributed by atoms with Gasteiger partial charge in [0.15, 0.2) is 0 Å². The van der Waals surface area contributed by atoms with Crippen LogP contribution in [0.15, 0.2) is 30.3 Å². The van der Waals surface area contributed by atoms with E-state index in [2.05, 4.69) is 29.6 Å². The molecule has 0 unspecified atom stereocenters. The second-order valence-electron chi connectivity index (χ2n) is 4.75. The van der Waals surface area contributed by atoms with Gasteiger partial charge in [-0.25, -0.2) is 0 Å². The summed E-state index contributed by atoms with van der Waals surface area (Å²) < 4.78 is 0. The molecule has 0 fully saturated rings. The molecule has 0 spiro atoms. The number of hydrogen-bond acceptors (Lipinski definition) is 3. The van der Waals surface area contributed by atoms with Crippen LogP contribution in [0.2, 0.25) is 0 Å². The predicted octanol–water partition coefficient (Wildman–Crippen LogP) is 1.34. The fraction of sp³-hybridized carbons (Fsp3) is 0.571. The van der Waals surface area contributed by atoms with Gasteiger partial charge in [-0.3, -0.25) is 0 Å². The second-order valence-corrected chi connectivity index (χ2v) is 4.75. The van der Waals surface area contributed by atoms with Crippen LogP contribution in [0, 0.1) is 0 Å². The van der Waals surface area contributed by atoms with E-state index in [4.69, 9.17) is 10.2 Å². The van der Waals surface area contributed by atoms with Gasteiger partial charge in [-0.05, 0) is 38.3 Å². The fourth-order valence-electron chi connectivity index (χ4n) is 1.65. The molecule has 3 heteroatoms. The maximum atomic E-state index is 9.10. The van der Waals surface area contributed by atoms with Gasteiger partial charge in [-0.15, -0.1) is 0 Å². The van der Waals surface area contributed by atoms with Crippen LogP contribution in [-0.2, 0) is 6.42 Å². The van der Waals surface area contributed by atoms with Crippen molar-refractivity contribution in [1.82, 2.24) is 5.32 Å². The van der Waals surface area contributed by atoms with Crippen LogP contribution in [0.25, 0.3) is 0 Å². The van der Waals surface area contributed by atoms with Crippen molar-refractivity contribution in [3.05, 3.63) is 35.9 Å². The summed E-state index contributed by atoms with van der Waals surface area (Å²) in [5.41, 5.74) is 0.812. The number of hydrogen-bond donors (Lipinski definition) is 3. The first kappa shape index (κ1) is 14.2. The molecule has 0 bridgehead atoms. The van der Waals surface area contributed by atoms with Gasteiger partial charge >= 0.3 is 0 Å². The van der Waals surface area contributed by atoms with Gasteiger partial charge in [0.2, 0.25) is 0 Å². The fourth-order valence-corrected chi connectivity index (χ4v) is 1.65. The van der Waals surface area contributed by atoms with E-state index in [1.165, 1.54) is 5.56 Å². The summed E-state index contributed by atoms with van der Waals surface area (Å²) in [4.78, 5) is 0. The largest absolute Gasteiger partial charge is 0.394 e. The number of aliphatic hydroxyl groups is 2. The number of benzene rings is 1. The Morgan fingerprint density at radius 1 is 1.06 bits per heavy atom. The highest BCUT2D eigenvalue weighted by molar-refractivity contribution is 5.14. The highest BCUT2D eigenvalue weighted by atomic mass is 16.3. The van der Waals surface area contributed by atoms with E-state index in [9.17, 15) is 0 Å². The third-order valence-electron chi connectivity index (χ3n) is 2.98. The Labute approximate surface area is 103 Å². The van der Waals surface area contributed by atoms with Gasteiger partial charge in [0.1, 0.15) is 0 Å².